The molecular weight excluding hydrogens is 326 g/mol. The van der Waals surface area contributed by atoms with Crippen molar-refractivity contribution < 1.29 is 9.53 Å². The first-order chi connectivity index (χ1) is 12.8. The lowest BCUT2D eigenvalue weighted by Gasteiger charge is -2.12. The fraction of sp³-hybridized carbons (Fsp3) is 0.0476. The summed E-state index contributed by atoms with van der Waals surface area (Å²) in [7, 11) is 0. The summed E-state index contributed by atoms with van der Waals surface area (Å²) in [5.74, 6) is 0.451. The van der Waals surface area contributed by atoms with Crippen LogP contribution in [0.5, 0.6) is 5.75 Å². The van der Waals surface area contributed by atoms with E-state index in [1.54, 1.807) is 12.5 Å². The van der Waals surface area contributed by atoms with Crippen molar-refractivity contribution in [1.29, 1.82) is 0 Å². The maximum Gasteiger partial charge on any atom is 0.262 e. The first-order valence-electron chi connectivity index (χ1n) is 8.28. The van der Waals surface area contributed by atoms with Gasteiger partial charge in [-0.1, -0.05) is 42.5 Å². The molecule has 1 heterocycles. The maximum absolute atomic E-state index is 12.3. The topological polar surface area (TPSA) is 56.1 Å². The van der Waals surface area contributed by atoms with E-state index >= 15 is 0 Å². The molecule has 0 unspecified atom stereocenters. The van der Waals surface area contributed by atoms with Crippen molar-refractivity contribution >= 4 is 22.4 Å². The molecule has 3 aromatic carbocycles. The van der Waals surface area contributed by atoms with Crippen molar-refractivity contribution in [2.75, 3.05) is 11.9 Å². The Hall–Kier alpha value is -3.60. The van der Waals surface area contributed by atoms with Crippen LogP contribution in [0.15, 0.2) is 85.5 Å². The van der Waals surface area contributed by atoms with E-state index in [4.69, 9.17) is 4.74 Å². The van der Waals surface area contributed by atoms with Gasteiger partial charge in [0.05, 0.1) is 17.7 Å². The van der Waals surface area contributed by atoms with E-state index in [1.807, 2.05) is 77.5 Å². The van der Waals surface area contributed by atoms with Crippen LogP contribution in [0.2, 0.25) is 0 Å². The standard InChI is InChI=1S/C21H17N3O2/c25-21(14-26-18-10-9-16-5-1-2-6-17(16)13-18)23-19-7-3-4-8-20(19)24-12-11-22-15-24/h1-13,15H,14H2,(H,23,25). The summed E-state index contributed by atoms with van der Waals surface area (Å²) in [5.41, 5.74) is 1.56. The average molecular weight is 343 g/mol. The number of anilines is 1. The van der Waals surface area contributed by atoms with Gasteiger partial charge in [0.25, 0.3) is 5.91 Å². The lowest BCUT2D eigenvalue weighted by atomic mass is 10.1. The van der Waals surface area contributed by atoms with Gasteiger partial charge in [-0.25, -0.2) is 4.98 Å². The highest BCUT2D eigenvalue weighted by Crippen LogP contribution is 2.21. The minimum Gasteiger partial charge on any atom is -0.484 e. The van der Waals surface area contributed by atoms with Crippen molar-refractivity contribution in [3.8, 4) is 11.4 Å². The Balaban J connectivity index is 1.44. The second kappa shape index (κ2) is 7.11. The molecule has 5 heteroatoms. The van der Waals surface area contributed by atoms with Crippen LogP contribution in [-0.4, -0.2) is 22.1 Å². The Morgan fingerprint density at radius 1 is 1.00 bits per heavy atom. The minimum absolute atomic E-state index is 0.0589. The number of hydrogen-bond acceptors (Lipinski definition) is 3. The number of fused-ring (bicyclic) bond motifs is 1. The molecule has 5 nitrogen and oxygen atoms in total. The summed E-state index contributed by atoms with van der Waals surface area (Å²) < 4.78 is 7.49. The van der Waals surface area contributed by atoms with Crippen LogP contribution in [0.3, 0.4) is 0 Å². The molecule has 0 saturated heterocycles. The Kier molecular flexibility index (Phi) is 4.35. The van der Waals surface area contributed by atoms with E-state index in [-0.39, 0.29) is 12.5 Å². The molecule has 1 aromatic heterocycles. The van der Waals surface area contributed by atoms with Gasteiger partial charge in [-0.3, -0.25) is 4.79 Å². The van der Waals surface area contributed by atoms with Crippen LogP contribution in [-0.2, 0) is 4.79 Å². The molecule has 0 saturated carbocycles. The summed E-state index contributed by atoms with van der Waals surface area (Å²) in [4.78, 5) is 16.4. The normalized spacial score (nSPS) is 10.6. The number of nitrogens with one attached hydrogen (secondary N) is 1. The van der Waals surface area contributed by atoms with Crippen molar-refractivity contribution in [2.45, 2.75) is 0 Å². The molecule has 128 valence electrons. The smallest absolute Gasteiger partial charge is 0.262 e. The molecule has 0 atom stereocenters. The predicted octanol–water partition coefficient (Wildman–Crippen LogP) is 4.04. The van der Waals surface area contributed by atoms with Crippen LogP contribution in [0.4, 0.5) is 5.69 Å². The van der Waals surface area contributed by atoms with Gasteiger partial charge in [0.15, 0.2) is 6.61 Å². The number of amides is 1. The van der Waals surface area contributed by atoms with E-state index in [2.05, 4.69) is 10.3 Å². The molecule has 0 aliphatic heterocycles. The Bertz CT molecular complexity index is 1040. The molecule has 0 bridgehead atoms. The number of nitrogens with zero attached hydrogens (tertiary/aromatic N) is 2. The minimum atomic E-state index is -0.217. The molecule has 4 aromatic rings. The van der Waals surface area contributed by atoms with Gasteiger partial charge in [-0.05, 0) is 35.0 Å². The fourth-order valence-corrected chi connectivity index (χ4v) is 2.80. The van der Waals surface area contributed by atoms with Crippen molar-refractivity contribution in [2.24, 2.45) is 0 Å². The van der Waals surface area contributed by atoms with E-state index in [9.17, 15) is 4.79 Å². The van der Waals surface area contributed by atoms with Gasteiger partial charge in [-0.15, -0.1) is 0 Å². The van der Waals surface area contributed by atoms with Crippen LogP contribution in [0.1, 0.15) is 0 Å². The largest absolute Gasteiger partial charge is 0.484 e. The van der Waals surface area contributed by atoms with Gasteiger partial charge in [-0.2, -0.15) is 0 Å². The quantitative estimate of drug-likeness (QED) is 0.595. The van der Waals surface area contributed by atoms with Gasteiger partial charge < -0.3 is 14.6 Å². The van der Waals surface area contributed by atoms with Crippen molar-refractivity contribution in [3.05, 3.63) is 85.5 Å². The molecule has 0 aliphatic rings. The molecule has 0 spiro atoms. The fourth-order valence-electron chi connectivity index (χ4n) is 2.80. The second-order valence-corrected chi connectivity index (χ2v) is 5.83. The van der Waals surface area contributed by atoms with Crippen LogP contribution >= 0.6 is 0 Å². The number of rotatable bonds is 5. The summed E-state index contributed by atoms with van der Waals surface area (Å²) >= 11 is 0. The van der Waals surface area contributed by atoms with Gasteiger partial charge >= 0.3 is 0 Å². The Morgan fingerprint density at radius 3 is 2.65 bits per heavy atom. The zero-order valence-corrected chi connectivity index (χ0v) is 14.0. The summed E-state index contributed by atoms with van der Waals surface area (Å²) in [6.45, 7) is -0.0589. The third-order valence-electron chi connectivity index (χ3n) is 4.05. The van der Waals surface area contributed by atoms with E-state index < -0.39 is 0 Å². The molecule has 26 heavy (non-hydrogen) atoms. The highest BCUT2D eigenvalue weighted by Gasteiger charge is 2.09. The first kappa shape index (κ1) is 15.9. The third-order valence-corrected chi connectivity index (χ3v) is 4.05. The molecular formula is C21H17N3O2. The number of carbonyl (C=O) groups excluding carboxylic acids is 1. The average Bonchev–Trinajstić information content (AvgIpc) is 3.21. The Morgan fingerprint density at radius 2 is 1.81 bits per heavy atom. The monoisotopic (exact) mass is 343 g/mol. The highest BCUT2D eigenvalue weighted by atomic mass is 16.5. The molecule has 0 aliphatic carbocycles. The number of imidazole rings is 1. The number of carbonyl (C=O) groups is 1. The molecule has 1 amide bonds. The van der Waals surface area contributed by atoms with E-state index in [0.29, 0.717) is 11.4 Å². The molecule has 0 fully saturated rings. The number of hydrogen-bond donors (Lipinski definition) is 1. The van der Waals surface area contributed by atoms with Gasteiger partial charge in [0, 0.05) is 12.4 Å². The summed E-state index contributed by atoms with van der Waals surface area (Å²) in [6.07, 6.45) is 5.22. The zero-order chi connectivity index (χ0) is 17.8. The van der Waals surface area contributed by atoms with Crippen LogP contribution < -0.4 is 10.1 Å². The first-order valence-corrected chi connectivity index (χ1v) is 8.28. The maximum atomic E-state index is 12.3. The predicted molar refractivity (Wildman–Crippen MR) is 102 cm³/mol. The van der Waals surface area contributed by atoms with E-state index in [0.717, 1.165) is 16.5 Å². The van der Waals surface area contributed by atoms with Crippen molar-refractivity contribution in [1.82, 2.24) is 9.55 Å². The van der Waals surface area contributed by atoms with Crippen LogP contribution in [0, 0.1) is 0 Å². The number of para-hydroxylation sites is 2. The van der Waals surface area contributed by atoms with Crippen LogP contribution in [0.25, 0.3) is 16.5 Å². The third kappa shape index (κ3) is 3.42. The second-order valence-electron chi connectivity index (χ2n) is 5.83. The molecule has 1 N–H and O–H groups in total. The lowest BCUT2D eigenvalue weighted by Crippen LogP contribution is -2.21. The zero-order valence-electron chi connectivity index (χ0n) is 14.0. The van der Waals surface area contributed by atoms with Gasteiger partial charge in [0.2, 0.25) is 0 Å². The molecule has 4 rings (SSSR count). The number of aromatic nitrogens is 2. The summed E-state index contributed by atoms with van der Waals surface area (Å²) in [6, 6.07) is 21.4. The SMILES string of the molecule is O=C(COc1ccc2ccccc2c1)Nc1ccccc1-n1ccnc1. The highest BCUT2D eigenvalue weighted by molar-refractivity contribution is 5.94. The Labute approximate surface area is 150 Å². The lowest BCUT2D eigenvalue weighted by molar-refractivity contribution is -0.118. The number of benzene rings is 3. The van der Waals surface area contributed by atoms with Gasteiger partial charge in [0.1, 0.15) is 5.75 Å². The summed E-state index contributed by atoms with van der Waals surface area (Å²) in [5, 5.41) is 5.11. The number of ether oxygens (including phenoxy) is 1. The van der Waals surface area contributed by atoms with Crippen molar-refractivity contribution in [3.63, 3.8) is 0 Å². The molecule has 0 radical (unpaired) electrons. The van der Waals surface area contributed by atoms with E-state index in [1.165, 1.54) is 0 Å².